The predicted octanol–water partition coefficient (Wildman–Crippen LogP) is 3.54. The Morgan fingerprint density at radius 1 is 1.36 bits per heavy atom. The standard InChI is InChI=1S/C10H13ClNOP/c1-8-10(13-14(11)12(8)2)9-6-4-3-5-7-9/h3-8,10H,1-2H3/t8-,10-,14-/m0/s1. The monoisotopic (exact) mass is 229 g/mol. The first-order valence-corrected chi connectivity index (χ1v) is 6.72. The van der Waals surface area contributed by atoms with Crippen molar-refractivity contribution >= 4 is 18.9 Å². The van der Waals surface area contributed by atoms with E-state index >= 15 is 0 Å². The van der Waals surface area contributed by atoms with Gasteiger partial charge in [0.05, 0.1) is 0 Å². The number of hydrogen-bond acceptors (Lipinski definition) is 2. The van der Waals surface area contributed by atoms with E-state index in [0.717, 1.165) is 0 Å². The fourth-order valence-electron chi connectivity index (χ4n) is 1.58. The maximum absolute atomic E-state index is 6.07. The second-order valence-electron chi connectivity index (χ2n) is 3.48. The summed E-state index contributed by atoms with van der Waals surface area (Å²) in [5, 5.41) is 0. The van der Waals surface area contributed by atoms with E-state index in [1.165, 1.54) is 5.56 Å². The molecule has 0 unspecified atom stereocenters. The zero-order valence-corrected chi connectivity index (χ0v) is 9.87. The van der Waals surface area contributed by atoms with Crippen LogP contribution >= 0.6 is 18.9 Å². The first-order valence-electron chi connectivity index (χ1n) is 4.60. The van der Waals surface area contributed by atoms with Crippen molar-refractivity contribution < 1.29 is 4.52 Å². The Balaban J connectivity index is 2.21. The Kier molecular flexibility index (Phi) is 3.08. The van der Waals surface area contributed by atoms with Gasteiger partial charge in [-0.1, -0.05) is 30.3 Å². The minimum Gasteiger partial charge on any atom is -0.322 e. The molecule has 0 aliphatic carbocycles. The van der Waals surface area contributed by atoms with E-state index in [1.807, 2.05) is 25.2 Å². The minimum absolute atomic E-state index is 0.116. The molecule has 2 nitrogen and oxygen atoms in total. The zero-order chi connectivity index (χ0) is 10.1. The summed E-state index contributed by atoms with van der Waals surface area (Å²) in [6.07, 6.45) is 0.116. The van der Waals surface area contributed by atoms with Gasteiger partial charge < -0.3 is 4.52 Å². The van der Waals surface area contributed by atoms with Gasteiger partial charge in [0, 0.05) is 6.04 Å². The van der Waals surface area contributed by atoms with Gasteiger partial charge in [-0.05, 0) is 30.8 Å². The van der Waals surface area contributed by atoms with E-state index in [4.69, 9.17) is 15.8 Å². The molecule has 1 saturated heterocycles. The first kappa shape index (κ1) is 10.4. The number of hydrogen-bond donors (Lipinski definition) is 0. The molecule has 1 fully saturated rings. The maximum Gasteiger partial charge on any atom is 0.207 e. The van der Waals surface area contributed by atoms with Crippen molar-refractivity contribution in [1.29, 1.82) is 0 Å². The molecule has 1 aliphatic rings. The van der Waals surface area contributed by atoms with Crippen LogP contribution in [0.3, 0.4) is 0 Å². The average molecular weight is 230 g/mol. The molecule has 0 bridgehead atoms. The average Bonchev–Trinajstić information content (AvgIpc) is 2.47. The largest absolute Gasteiger partial charge is 0.322 e. The summed E-state index contributed by atoms with van der Waals surface area (Å²) < 4.78 is 7.82. The molecule has 76 valence electrons. The van der Waals surface area contributed by atoms with Crippen LogP contribution in [0.5, 0.6) is 0 Å². The van der Waals surface area contributed by atoms with Crippen LogP contribution in [0.2, 0.25) is 0 Å². The second kappa shape index (κ2) is 4.16. The molecule has 1 aliphatic heterocycles. The third-order valence-corrected chi connectivity index (χ3v) is 4.82. The summed E-state index contributed by atoms with van der Waals surface area (Å²) in [5.41, 5.74) is 1.21. The maximum atomic E-state index is 6.07. The number of halogens is 1. The van der Waals surface area contributed by atoms with Crippen LogP contribution < -0.4 is 0 Å². The van der Waals surface area contributed by atoms with Crippen molar-refractivity contribution in [3.63, 3.8) is 0 Å². The van der Waals surface area contributed by atoms with Gasteiger partial charge in [0.1, 0.15) is 6.10 Å². The minimum atomic E-state index is -0.923. The van der Waals surface area contributed by atoms with Gasteiger partial charge in [-0.2, -0.15) is 0 Å². The van der Waals surface area contributed by atoms with Crippen molar-refractivity contribution in [2.24, 2.45) is 0 Å². The normalized spacial score (nSPS) is 33.5. The summed E-state index contributed by atoms with van der Waals surface area (Å²) in [6.45, 7) is 2.14. The van der Waals surface area contributed by atoms with Crippen LogP contribution in [-0.4, -0.2) is 17.8 Å². The lowest BCUT2D eigenvalue weighted by molar-refractivity contribution is 0.219. The van der Waals surface area contributed by atoms with Crippen LogP contribution in [0.15, 0.2) is 30.3 Å². The summed E-state index contributed by atoms with van der Waals surface area (Å²) in [7, 11) is 1.08. The van der Waals surface area contributed by atoms with Gasteiger partial charge in [0.15, 0.2) is 0 Å². The molecule has 4 heteroatoms. The summed E-state index contributed by atoms with van der Waals surface area (Å²) in [4.78, 5) is 0. The highest BCUT2D eigenvalue weighted by atomic mass is 35.7. The van der Waals surface area contributed by atoms with Gasteiger partial charge in [-0.15, -0.1) is 0 Å². The molecule has 14 heavy (non-hydrogen) atoms. The van der Waals surface area contributed by atoms with Crippen molar-refractivity contribution in [2.75, 3.05) is 7.05 Å². The summed E-state index contributed by atoms with van der Waals surface area (Å²) in [5.74, 6) is 0. The molecule has 0 radical (unpaired) electrons. The quantitative estimate of drug-likeness (QED) is 0.683. The van der Waals surface area contributed by atoms with Gasteiger partial charge in [0.2, 0.25) is 7.65 Å². The van der Waals surface area contributed by atoms with Crippen LogP contribution in [0.25, 0.3) is 0 Å². The highest BCUT2D eigenvalue weighted by molar-refractivity contribution is 7.78. The fraction of sp³-hybridized carbons (Fsp3) is 0.400. The van der Waals surface area contributed by atoms with E-state index in [9.17, 15) is 0 Å². The molecule has 1 heterocycles. The third-order valence-electron chi connectivity index (χ3n) is 2.60. The number of benzene rings is 1. The topological polar surface area (TPSA) is 12.5 Å². The highest BCUT2D eigenvalue weighted by Crippen LogP contribution is 2.58. The number of likely N-dealkylation sites (N-methyl/N-ethyl adjacent to an activating group) is 1. The fourth-order valence-corrected chi connectivity index (χ4v) is 3.29. The summed E-state index contributed by atoms with van der Waals surface area (Å²) >= 11 is 6.07. The van der Waals surface area contributed by atoms with E-state index in [2.05, 4.69) is 23.7 Å². The zero-order valence-electron chi connectivity index (χ0n) is 8.22. The molecule has 1 aromatic rings. The molecule has 0 aromatic heterocycles. The molecule has 0 saturated carbocycles. The van der Waals surface area contributed by atoms with Gasteiger partial charge in [-0.3, -0.25) is 0 Å². The van der Waals surface area contributed by atoms with Crippen molar-refractivity contribution in [3.8, 4) is 0 Å². The molecule has 0 amide bonds. The summed E-state index contributed by atoms with van der Waals surface area (Å²) in [6, 6.07) is 10.6. The van der Waals surface area contributed by atoms with Gasteiger partial charge in [-0.25, -0.2) is 4.67 Å². The predicted molar refractivity (Wildman–Crippen MR) is 60.3 cm³/mol. The lowest BCUT2D eigenvalue weighted by Gasteiger charge is -2.17. The van der Waals surface area contributed by atoms with Crippen LogP contribution in [0.4, 0.5) is 0 Å². The van der Waals surface area contributed by atoms with Gasteiger partial charge in [0.25, 0.3) is 0 Å². The molecule has 0 spiro atoms. The Morgan fingerprint density at radius 3 is 2.50 bits per heavy atom. The molecule has 2 rings (SSSR count). The molecular formula is C10H13ClNOP. The SMILES string of the molecule is C[C@H]1[C@@H](c2ccccc2)O[P@@](Cl)N1C. The lowest BCUT2D eigenvalue weighted by Crippen LogP contribution is -2.21. The number of rotatable bonds is 1. The molecule has 1 aromatic carbocycles. The van der Waals surface area contributed by atoms with Crippen LogP contribution in [0, 0.1) is 0 Å². The van der Waals surface area contributed by atoms with Crippen molar-refractivity contribution in [3.05, 3.63) is 35.9 Å². The highest BCUT2D eigenvalue weighted by Gasteiger charge is 2.37. The van der Waals surface area contributed by atoms with Crippen molar-refractivity contribution in [2.45, 2.75) is 19.1 Å². The van der Waals surface area contributed by atoms with E-state index in [-0.39, 0.29) is 6.10 Å². The Labute approximate surface area is 90.5 Å². The van der Waals surface area contributed by atoms with E-state index < -0.39 is 7.65 Å². The number of nitrogens with zero attached hydrogens (tertiary/aromatic N) is 1. The van der Waals surface area contributed by atoms with E-state index in [0.29, 0.717) is 6.04 Å². The smallest absolute Gasteiger partial charge is 0.207 e. The Hall–Kier alpha value is -0.140. The molecule has 3 atom stereocenters. The first-order chi connectivity index (χ1) is 6.70. The van der Waals surface area contributed by atoms with Crippen LogP contribution in [-0.2, 0) is 4.52 Å². The Bertz CT molecular complexity index is 308. The van der Waals surface area contributed by atoms with Crippen molar-refractivity contribution in [1.82, 2.24) is 4.67 Å². The molecular weight excluding hydrogens is 217 g/mol. The van der Waals surface area contributed by atoms with Crippen LogP contribution in [0.1, 0.15) is 18.6 Å². The lowest BCUT2D eigenvalue weighted by atomic mass is 10.0. The van der Waals surface area contributed by atoms with E-state index in [1.54, 1.807) is 0 Å². The molecule has 0 N–H and O–H groups in total. The Morgan fingerprint density at radius 2 is 2.00 bits per heavy atom. The van der Waals surface area contributed by atoms with Gasteiger partial charge >= 0.3 is 0 Å². The third kappa shape index (κ3) is 1.80. The second-order valence-corrected chi connectivity index (χ2v) is 5.64.